The molecule has 2 saturated heterocycles. The molecule has 0 spiro atoms. The lowest BCUT2D eigenvalue weighted by molar-refractivity contribution is -0.172. The number of aliphatic hydroxyl groups excluding tert-OH is 1. The first kappa shape index (κ1) is 75.9. The third kappa shape index (κ3) is 23.3. The highest BCUT2D eigenvalue weighted by molar-refractivity contribution is 6.00. The van der Waals surface area contributed by atoms with Crippen LogP contribution in [0.3, 0.4) is 0 Å². The highest BCUT2D eigenvalue weighted by Gasteiger charge is 2.40. The summed E-state index contributed by atoms with van der Waals surface area (Å²) in [5.74, 6) is -10.9. The maximum Gasteiger partial charge on any atom is 0.347 e. The van der Waals surface area contributed by atoms with Gasteiger partial charge in [-0.3, -0.25) is 52.9 Å². The van der Waals surface area contributed by atoms with Gasteiger partial charge in [0.05, 0.1) is 6.33 Å². The lowest BCUT2D eigenvalue weighted by Gasteiger charge is -2.31. The number of rotatable bonds is 36. The van der Waals surface area contributed by atoms with Crippen molar-refractivity contribution in [3.8, 4) is 5.75 Å². The summed E-state index contributed by atoms with van der Waals surface area (Å²) in [6, 6.07) is 0.334. The van der Waals surface area contributed by atoms with Crippen LogP contribution in [0, 0.1) is 11.8 Å². The predicted octanol–water partition coefficient (Wildman–Crippen LogP) is -1.57. The zero-order valence-corrected chi connectivity index (χ0v) is 55.6. The predicted molar refractivity (Wildman–Crippen MR) is 351 cm³/mol. The molecule has 17 N–H and O–H groups in total. The van der Waals surface area contributed by atoms with Crippen molar-refractivity contribution in [2.45, 2.75) is 186 Å². The molecule has 528 valence electrons. The summed E-state index contributed by atoms with van der Waals surface area (Å²) < 4.78 is 10.5. The minimum atomic E-state index is -1.96. The number of likely N-dealkylation sites (tertiary alicyclic amines) is 1. The molecule has 0 bridgehead atoms. The molecule has 6 rings (SSSR count). The van der Waals surface area contributed by atoms with E-state index in [1.807, 2.05) is 13.8 Å². The number of imidazole rings is 1. The summed E-state index contributed by atoms with van der Waals surface area (Å²) in [5, 5.41) is 44.9. The number of aromatic hydroxyl groups is 1. The maximum absolute atomic E-state index is 15.1. The van der Waals surface area contributed by atoms with E-state index in [-0.39, 0.29) is 106 Å². The minimum Gasteiger partial charge on any atom is -0.508 e. The molecule has 2 aromatic carbocycles. The Bertz CT molecular complexity index is 3430. The number of carbonyl (C=O) groups is 12. The Morgan fingerprint density at radius 1 is 0.691 bits per heavy atom. The van der Waals surface area contributed by atoms with Gasteiger partial charge in [0.15, 0.2) is 12.1 Å². The first-order chi connectivity index (χ1) is 46.1. The van der Waals surface area contributed by atoms with Crippen molar-refractivity contribution in [1.82, 2.24) is 67.7 Å². The molecule has 2 aliphatic rings. The number of nitrogens with two attached hydrogens (primary N) is 2. The second kappa shape index (κ2) is 36.7. The molecule has 0 unspecified atom stereocenters. The molecule has 0 saturated carbocycles. The third-order valence-electron chi connectivity index (χ3n) is 16.1. The van der Waals surface area contributed by atoms with Gasteiger partial charge in [0.2, 0.25) is 59.1 Å². The summed E-state index contributed by atoms with van der Waals surface area (Å²) in [6.45, 7) is 10.8. The number of nitrogens with zero attached hydrogens (tertiary/aromatic N) is 3. The second-order valence-corrected chi connectivity index (χ2v) is 25.0. The van der Waals surface area contributed by atoms with Gasteiger partial charge < -0.3 is 93.9 Å². The number of guanidine groups is 1. The number of hydrogen-bond acceptors (Lipinski definition) is 18. The van der Waals surface area contributed by atoms with Gasteiger partial charge in [0.25, 0.3) is 0 Å². The van der Waals surface area contributed by atoms with Crippen molar-refractivity contribution >= 4 is 87.9 Å². The number of benzene rings is 2. The van der Waals surface area contributed by atoms with Crippen LogP contribution in [0.15, 0.2) is 72.2 Å². The van der Waals surface area contributed by atoms with E-state index in [9.17, 15) is 53.4 Å². The zero-order chi connectivity index (χ0) is 71.0. The molecule has 2 fully saturated rings. The number of phenols is 1. The van der Waals surface area contributed by atoms with Crippen LogP contribution in [-0.2, 0) is 86.3 Å². The van der Waals surface area contributed by atoms with Crippen molar-refractivity contribution < 1.29 is 77.2 Å². The Labute approximate surface area is 560 Å². The van der Waals surface area contributed by atoms with Gasteiger partial charge in [-0.15, -0.1) is 0 Å². The number of phenolic OH excluding ortho intramolecular Hbond substituents is 1. The quantitative estimate of drug-likeness (QED) is 0.0106. The molecule has 10 amide bonds. The number of para-hydroxylation sites is 1. The van der Waals surface area contributed by atoms with Crippen LogP contribution in [-0.4, -0.2) is 200 Å². The number of nitrogens with one attached hydrogen (secondary N) is 11. The highest BCUT2D eigenvalue weighted by atomic mass is 16.6. The fourth-order valence-corrected chi connectivity index (χ4v) is 11.1. The van der Waals surface area contributed by atoms with Crippen LogP contribution in [0.2, 0.25) is 0 Å². The number of aromatic amines is 2. The van der Waals surface area contributed by atoms with Crippen molar-refractivity contribution in [3.05, 3.63) is 84.1 Å². The van der Waals surface area contributed by atoms with Gasteiger partial charge in [-0.25, -0.2) is 14.6 Å². The summed E-state index contributed by atoms with van der Waals surface area (Å²) in [4.78, 5) is 184. The number of amides is 10. The molecule has 32 heteroatoms. The van der Waals surface area contributed by atoms with Crippen molar-refractivity contribution in [3.63, 3.8) is 0 Å². The number of aliphatic imine (C=N–C) groups is 1. The van der Waals surface area contributed by atoms with Crippen LogP contribution in [0.5, 0.6) is 5.75 Å². The minimum absolute atomic E-state index is 0.0326. The standard InChI is InChI=1S/C65H92N16O16/c1-8-69-61(92)52-16-12-24-81(52)62(93)45(15-11-23-70-65(66)67)74-55(86)46(25-34(2)3)75-56(87)47(26-35(4)5)76-57(88)48(27-38-17-19-41(83)20-18-38)77-60(91)51(32-96-64(95)37(7)97-63(94)36(6)82)80-58(89)49(28-39-30-71-43-14-10-9-13-42(39)43)78-59(90)50(29-40-31-68-33-72-40)79-54(85)44-21-22-53(84)73-44/h9-10,13-14,17-20,30-31,33-37,44-52,71,82-83H,8,11-12,15-16,21-29,32H2,1-7H3,(H,68,72)(H,69,92)(H,73,84)(H,74,86)(H,75,87)(H,76,88)(H,77,91)(H,78,90)(H,79,85)(H,80,89)(H4,66,67,70)/t36-,37-,44-,45-,46-,47+,48-,49-,50-,51-,52-/m0/s1. The molecule has 0 radical (unpaired) electrons. The summed E-state index contributed by atoms with van der Waals surface area (Å²) >= 11 is 0. The van der Waals surface area contributed by atoms with E-state index in [2.05, 4.69) is 67.8 Å². The van der Waals surface area contributed by atoms with Crippen LogP contribution >= 0.6 is 0 Å². The van der Waals surface area contributed by atoms with E-state index >= 15 is 14.4 Å². The van der Waals surface area contributed by atoms with Crippen molar-refractivity contribution in [2.75, 3.05) is 26.2 Å². The summed E-state index contributed by atoms with van der Waals surface area (Å²) in [7, 11) is 0. The lowest BCUT2D eigenvalue weighted by Crippen LogP contribution is -2.62. The number of H-pyrrole nitrogens is 2. The van der Waals surface area contributed by atoms with Crippen LogP contribution in [0.25, 0.3) is 10.9 Å². The summed E-state index contributed by atoms with van der Waals surface area (Å²) in [6.07, 6.45) is 1.72. The molecular weight excluding hydrogens is 1260 g/mol. The lowest BCUT2D eigenvalue weighted by atomic mass is 9.98. The van der Waals surface area contributed by atoms with E-state index < -0.39 is 132 Å². The van der Waals surface area contributed by atoms with E-state index in [0.717, 1.165) is 13.8 Å². The van der Waals surface area contributed by atoms with E-state index in [0.29, 0.717) is 47.1 Å². The molecule has 0 aliphatic carbocycles. The molecule has 2 aromatic heterocycles. The fourth-order valence-electron chi connectivity index (χ4n) is 11.1. The number of hydrogen-bond donors (Lipinski definition) is 15. The van der Waals surface area contributed by atoms with Crippen LogP contribution in [0.4, 0.5) is 0 Å². The number of fused-ring (bicyclic) bond motifs is 1. The Hall–Kier alpha value is -10.1. The molecule has 4 aromatic rings. The van der Waals surface area contributed by atoms with Crippen molar-refractivity contribution in [2.24, 2.45) is 28.3 Å². The number of ether oxygens (including phenoxy) is 2. The Morgan fingerprint density at radius 2 is 1.27 bits per heavy atom. The SMILES string of the molecule is CCNC(=O)[C@@H]1CCCN1C(=O)[C@H](CCCN=C(N)N)NC(=O)[C@H](CC(C)C)NC(=O)[C@@H](CC(C)C)NC(=O)[C@H](Cc1ccc(O)cc1)NC(=O)[C@H](COC(=O)[C@H](C)OC(=O)[C@H](C)O)NC(=O)[C@H](Cc1c[nH]c2ccccc12)NC(=O)[C@H](Cc1cnc[nH]1)NC(=O)[C@@H]1CCC(=O)N1. The van der Waals surface area contributed by atoms with E-state index in [4.69, 9.17) is 20.9 Å². The number of aliphatic hydroxyl groups is 1. The number of esters is 2. The average Bonchev–Trinajstić information content (AvgIpc) is 1.80. The van der Waals surface area contributed by atoms with Gasteiger partial charge >= 0.3 is 11.9 Å². The van der Waals surface area contributed by atoms with Gasteiger partial charge in [-0.2, -0.15) is 0 Å². The van der Waals surface area contributed by atoms with Crippen LogP contribution in [0.1, 0.15) is 117 Å². The molecule has 11 atom stereocenters. The Morgan fingerprint density at radius 3 is 1.85 bits per heavy atom. The third-order valence-corrected chi connectivity index (χ3v) is 16.1. The fraction of sp³-hybridized carbons (Fsp3) is 0.538. The monoisotopic (exact) mass is 1350 g/mol. The first-order valence-corrected chi connectivity index (χ1v) is 32.5. The molecule has 97 heavy (non-hydrogen) atoms. The van der Waals surface area contributed by atoms with E-state index in [1.165, 1.54) is 41.7 Å². The largest absolute Gasteiger partial charge is 0.508 e. The zero-order valence-electron chi connectivity index (χ0n) is 55.6. The number of carbonyl (C=O) groups excluding carboxylic acids is 12. The van der Waals surface area contributed by atoms with Crippen molar-refractivity contribution in [1.29, 1.82) is 0 Å². The van der Waals surface area contributed by atoms with Gasteiger partial charge in [0, 0.05) is 74.3 Å². The van der Waals surface area contributed by atoms with Crippen LogP contribution < -0.4 is 59.3 Å². The molecular formula is C65H92N16O16. The smallest absolute Gasteiger partial charge is 0.347 e. The van der Waals surface area contributed by atoms with Gasteiger partial charge in [-0.05, 0) is 107 Å². The molecule has 4 heterocycles. The van der Waals surface area contributed by atoms with E-state index in [1.54, 1.807) is 51.2 Å². The number of likely N-dealkylation sites (N-methyl/N-ethyl adjacent to an activating group) is 1. The highest BCUT2D eigenvalue weighted by Crippen LogP contribution is 2.23. The Balaban J connectivity index is 1.32. The first-order valence-electron chi connectivity index (χ1n) is 32.5. The maximum atomic E-state index is 15.1. The molecule has 2 aliphatic heterocycles. The Kier molecular flexibility index (Phi) is 28.7. The average molecular weight is 1350 g/mol. The van der Waals surface area contributed by atoms with Gasteiger partial charge in [0.1, 0.15) is 72.8 Å². The summed E-state index contributed by atoms with van der Waals surface area (Å²) in [5.41, 5.74) is 13.0. The topological polar surface area (TPSA) is 484 Å². The number of aromatic nitrogens is 3. The normalized spacial score (nSPS) is 17.1. The molecule has 32 nitrogen and oxygen atoms in total. The second-order valence-electron chi connectivity index (χ2n) is 25.0. The van der Waals surface area contributed by atoms with Gasteiger partial charge in [-0.1, -0.05) is 58.0 Å².